The Balaban J connectivity index is 1.82. The second kappa shape index (κ2) is 9.91. The van der Waals surface area contributed by atoms with E-state index in [4.69, 9.17) is 27.9 Å². The van der Waals surface area contributed by atoms with Gasteiger partial charge in [0, 0.05) is 27.0 Å². The molecule has 0 bridgehead atoms. The Bertz CT molecular complexity index is 1110. The maximum atomic E-state index is 13.1. The summed E-state index contributed by atoms with van der Waals surface area (Å²) >= 11 is 16.2. The van der Waals surface area contributed by atoms with Crippen LogP contribution in [0.25, 0.3) is 0 Å². The number of halogens is 3. The molecule has 2 N–H and O–H groups in total. The SMILES string of the molecule is COc1ccc(C(=O)Nc2ccc(F)cc2)cc1N(S)C(=O)Nc1cc(Cl)cc(Cl)c1. The second-order valence-electron chi connectivity index (χ2n) is 6.25. The first-order chi connectivity index (χ1) is 14.8. The van der Waals surface area contributed by atoms with E-state index in [1.807, 2.05) is 0 Å². The van der Waals surface area contributed by atoms with Gasteiger partial charge < -0.3 is 15.4 Å². The van der Waals surface area contributed by atoms with Crippen molar-refractivity contribution in [3.8, 4) is 5.75 Å². The molecule has 3 aromatic carbocycles. The van der Waals surface area contributed by atoms with E-state index in [0.717, 1.165) is 4.31 Å². The average Bonchev–Trinajstić information content (AvgIpc) is 2.73. The molecule has 31 heavy (non-hydrogen) atoms. The van der Waals surface area contributed by atoms with Crippen molar-refractivity contribution < 1.29 is 18.7 Å². The number of amides is 3. The van der Waals surface area contributed by atoms with Crippen molar-refractivity contribution in [3.05, 3.63) is 82.1 Å². The van der Waals surface area contributed by atoms with Crippen molar-refractivity contribution in [1.82, 2.24) is 0 Å². The van der Waals surface area contributed by atoms with Crippen molar-refractivity contribution in [2.45, 2.75) is 0 Å². The minimum absolute atomic E-state index is 0.225. The number of nitrogens with zero attached hydrogens (tertiary/aromatic N) is 1. The molecular formula is C21H16Cl2FN3O3S. The summed E-state index contributed by atoms with van der Waals surface area (Å²) in [7, 11) is 1.42. The molecule has 3 aromatic rings. The largest absolute Gasteiger partial charge is 0.495 e. The molecule has 0 aliphatic heterocycles. The molecule has 160 valence electrons. The van der Waals surface area contributed by atoms with Crippen LogP contribution < -0.4 is 19.7 Å². The minimum atomic E-state index is -0.629. The second-order valence-corrected chi connectivity index (χ2v) is 7.52. The lowest BCUT2D eigenvalue weighted by Gasteiger charge is -2.20. The zero-order chi connectivity index (χ0) is 22.5. The number of urea groups is 1. The molecule has 0 unspecified atom stereocenters. The fraction of sp³-hybridized carbons (Fsp3) is 0.0476. The van der Waals surface area contributed by atoms with Gasteiger partial charge in [-0.2, -0.15) is 0 Å². The highest BCUT2D eigenvalue weighted by atomic mass is 35.5. The van der Waals surface area contributed by atoms with Gasteiger partial charge in [-0.3, -0.25) is 4.79 Å². The molecule has 0 aliphatic rings. The first-order valence-corrected chi connectivity index (χ1v) is 9.93. The molecule has 3 amide bonds. The molecular weight excluding hydrogens is 464 g/mol. The molecule has 10 heteroatoms. The Morgan fingerprint density at radius 3 is 2.19 bits per heavy atom. The average molecular weight is 480 g/mol. The van der Waals surface area contributed by atoms with Gasteiger partial charge in [-0.15, -0.1) is 0 Å². The predicted molar refractivity (Wildman–Crippen MR) is 124 cm³/mol. The lowest BCUT2D eigenvalue weighted by Crippen LogP contribution is -2.27. The van der Waals surface area contributed by atoms with Crippen LogP contribution in [-0.4, -0.2) is 19.0 Å². The number of hydrogen-bond donors (Lipinski definition) is 3. The summed E-state index contributed by atoms with van der Waals surface area (Å²) in [5.41, 5.74) is 1.24. The van der Waals surface area contributed by atoms with E-state index in [9.17, 15) is 14.0 Å². The number of benzene rings is 3. The highest BCUT2D eigenvalue weighted by Crippen LogP contribution is 2.32. The Morgan fingerprint density at radius 2 is 1.58 bits per heavy atom. The number of ether oxygens (including phenoxy) is 1. The minimum Gasteiger partial charge on any atom is -0.495 e. The number of thiol groups is 1. The molecule has 6 nitrogen and oxygen atoms in total. The van der Waals surface area contributed by atoms with Gasteiger partial charge >= 0.3 is 6.03 Å². The molecule has 0 radical (unpaired) electrons. The number of rotatable bonds is 5. The summed E-state index contributed by atoms with van der Waals surface area (Å²) < 4.78 is 19.3. The molecule has 0 spiro atoms. The van der Waals surface area contributed by atoms with Crippen LogP contribution in [0.15, 0.2) is 60.7 Å². The van der Waals surface area contributed by atoms with Crippen LogP contribution >= 0.6 is 36.0 Å². The maximum Gasteiger partial charge on any atom is 0.336 e. The molecule has 3 rings (SSSR count). The van der Waals surface area contributed by atoms with Crippen molar-refractivity contribution in [2.24, 2.45) is 0 Å². The first kappa shape index (κ1) is 22.7. The fourth-order valence-corrected chi connectivity index (χ4v) is 3.38. The van der Waals surface area contributed by atoms with Crippen LogP contribution in [0.4, 0.5) is 26.2 Å². The molecule has 0 atom stereocenters. The van der Waals surface area contributed by atoms with Crippen LogP contribution in [0.3, 0.4) is 0 Å². The number of carbonyl (C=O) groups is 2. The standard InChI is InChI=1S/C21H16Cl2FN3O3S/c1-30-19-7-2-12(20(28)25-16-5-3-15(24)4-6-16)8-18(19)27(31)21(29)26-17-10-13(22)9-14(23)11-17/h2-11,31H,1H3,(H,25,28)(H,26,29). The molecule has 0 fully saturated rings. The lowest BCUT2D eigenvalue weighted by atomic mass is 10.1. The van der Waals surface area contributed by atoms with E-state index in [-0.39, 0.29) is 11.3 Å². The van der Waals surface area contributed by atoms with E-state index in [0.29, 0.717) is 27.2 Å². The van der Waals surface area contributed by atoms with Crippen LogP contribution in [0, 0.1) is 5.82 Å². The van der Waals surface area contributed by atoms with Gasteiger partial charge in [0.25, 0.3) is 5.91 Å². The van der Waals surface area contributed by atoms with Crippen LogP contribution in [-0.2, 0) is 0 Å². The van der Waals surface area contributed by atoms with Gasteiger partial charge in [0.2, 0.25) is 0 Å². The third-order valence-electron chi connectivity index (χ3n) is 4.08. The van der Waals surface area contributed by atoms with Crippen molar-refractivity contribution >= 4 is 65.0 Å². The van der Waals surface area contributed by atoms with Gasteiger partial charge in [-0.1, -0.05) is 36.0 Å². The van der Waals surface area contributed by atoms with Crippen LogP contribution in [0.5, 0.6) is 5.75 Å². The number of nitrogens with one attached hydrogen (secondary N) is 2. The Kier molecular flexibility index (Phi) is 7.27. The third kappa shape index (κ3) is 5.81. The molecule has 0 saturated heterocycles. The van der Waals surface area contributed by atoms with E-state index < -0.39 is 17.8 Å². The van der Waals surface area contributed by atoms with Gasteiger partial charge in [-0.05, 0) is 60.7 Å². The van der Waals surface area contributed by atoms with Crippen LogP contribution in [0.2, 0.25) is 10.0 Å². The highest BCUT2D eigenvalue weighted by Gasteiger charge is 2.19. The quantitative estimate of drug-likeness (QED) is 0.377. The smallest absolute Gasteiger partial charge is 0.336 e. The number of methoxy groups -OCH3 is 1. The summed E-state index contributed by atoms with van der Waals surface area (Å²) in [5, 5.41) is 5.97. The zero-order valence-electron chi connectivity index (χ0n) is 16.0. The Morgan fingerprint density at radius 1 is 0.935 bits per heavy atom. The summed E-state index contributed by atoms with van der Waals surface area (Å²) in [6, 6.07) is 13.8. The lowest BCUT2D eigenvalue weighted by molar-refractivity contribution is 0.102. The monoisotopic (exact) mass is 479 g/mol. The predicted octanol–water partition coefficient (Wildman–Crippen LogP) is 6.28. The summed E-state index contributed by atoms with van der Waals surface area (Å²) in [4.78, 5) is 25.3. The van der Waals surface area contributed by atoms with Crippen molar-refractivity contribution in [1.29, 1.82) is 0 Å². The van der Waals surface area contributed by atoms with Gasteiger partial charge in [0.1, 0.15) is 11.6 Å². The first-order valence-electron chi connectivity index (χ1n) is 8.78. The number of anilines is 3. The van der Waals surface area contributed by atoms with Gasteiger partial charge in [0.15, 0.2) is 0 Å². The van der Waals surface area contributed by atoms with Gasteiger partial charge in [-0.25, -0.2) is 13.5 Å². The van der Waals surface area contributed by atoms with E-state index in [2.05, 4.69) is 23.4 Å². The molecule has 0 aliphatic carbocycles. The highest BCUT2D eigenvalue weighted by molar-refractivity contribution is 7.82. The molecule has 0 saturated carbocycles. The van der Waals surface area contributed by atoms with E-state index in [1.54, 1.807) is 0 Å². The van der Waals surface area contributed by atoms with E-state index >= 15 is 0 Å². The molecule has 0 aromatic heterocycles. The normalized spacial score (nSPS) is 10.4. The zero-order valence-corrected chi connectivity index (χ0v) is 18.4. The summed E-state index contributed by atoms with van der Waals surface area (Å²) in [6.45, 7) is 0. The van der Waals surface area contributed by atoms with Crippen LogP contribution in [0.1, 0.15) is 10.4 Å². The Labute approximate surface area is 193 Å². The van der Waals surface area contributed by atoms with E-state index in [1.165, 1.54) is 67.8 Å². The Hall–Kier alpha value is -2.94. The van der Waals surface area contributed by atoms with Crippen molar-refractivity contribution in [3.63, 3.8) is 0 Å². The summed E-state index contributed by atoms with van der Waals surface area (Å²) in [5.74, 6) is -0.561. The van der Waals surface area contributed by atoms with Crippen molar-refractivity contribution in [2.75, 3.05) is 22.0 Å². The summed E-state index contributed by atoms with van der Waals surface area (Å²) in [6.07, 6.45) is 0. The fourth-order valence-electron chi connectivity index (χ4n) is 2.65. The maximum absolute atomic E-state index is 13.1. The number of carbonyl (C=O) groups excluding carboxylic acids is 2. The molecule has 0 heterocycles. The number of hydrogen-bond acceptors (Lipinski definition) is 4. The topological polar surface area (TPSA) is 70.7 Å². The third-order valence-corrected chi connectivity index (χ3v) is 4.91. The van der Waals surface area contributed by atoms with Gasteiger partial charge in [0.05, 0.1) is 12.8 Å².